The summed E-state index contributed by atoms with van der Waals surface area (Å²) in [6.45, 7) is 9.09. The fourth-order valence-electron chi connectivity index (χ4n) is 1.98. The Hall–Kier alpha value is -2.02. The maximum Gasteiger partial charge on any atom is 0.244 e. The molecule has 1 aromatic rings. The van der Waals surface area contributed by atoms with Gasteiger partial charge in [-0.3, -0.25) is 4.79 Å². The smallest absolute Gasteiger partial charge is 0.244 e. The van der Waals surface area contributed by atoms with Crippen LogP contribution in [0.5, 0.6) is 0 Å². The molecule has 0 saturated heterocycles. The molecule has 0 spiro atoms. The molecule has 1 rings (SSSR count). The predicted octanol–water partition coefficient (Wildman–Crippen LogP) is 2.54. The third-order valence-electron chi connectivity index (χ3n) is 3.11. The molecule has 102 valence electrons. The van der Waals surface area contributed by atoms with Crippen molar-refractivity contribution in [2.45, 2.75) is 33.7 Å². The van der Waals surface area contributed by atoms with E-state index in [1.807, 2.05) is 39.8 Å². The van der Waals surface area contributed by atoms with Crippen LogP contribution in [0.1, 0.15) is 31.9 Å². The number of benzene rings is 1. The summed E-state index contributed by atoms with van der Waals surface area (Å²) in [6.07, 6.45) is 0. The molecule has 0 aliphatic heterocycles. The number of rotatable bonds is 5. The zero-order chi connectivity index (χ0) is 14.4. The number of nitrogens with one attached hydrogen (secondary N) is 1. The number of hydrogen-bond acceptors (Lipinski definition) is 3. The normalized spacial score (nSPS) is 11.5. The highest BCUT2D eigenvalue weighted by molar-refractivity contribution is 5.84. The topological polar surface area (TPSA) is 56.1 Å². The molecule has 0 aliphatic rings. The van der Waals surface area contributed by atoms with Gasteiger partial charge in [0, 0.05) is 13.1 Å². The van der Waals surface area contributed by atoms with Crippen molar-refractivity contribution in [3.63, 3.8) is 0 Å². The first-order chi connectivity index (χ1) is 9.03. The highest BCUT2D eigenvalue weighted by Crippen LogP contribution is 2.18. The second kappa shape index (κ2) is 6.79. The van der Waals surface area contributed by atoms with E-state index in [0.29, 0.717) is 18.7 Å². The van der Waals surface area contributed by atoms with Crippen LogP contribution in [-0.2, 0) is 4.79 Å². The summed E-state index contributed by atoms with van der Waals surface area (Å²) >= 11 is 0. The highest BCUT2D eigenvalue weighted by Gasteiger charge is 2.18. The van der Waals surface area contributed by atoms with Crippen molar-refractivity contribution in [1.82, 2.24) is 4.90 Å². The Morgan fingerprint density at radius 1 is 1.42 bits per heavy atom. The van der Waals surface area contributed by atoms with E-state index in [9.17, 15) is 4.79 Å². The number of aryl methyl sites for hydroxylation is 1. The molecule has 0 heterocycles. The second-order valence-corrected chi connectivity index (χ2v) is 4.54. The Bertz CT molecular complexity index is 487. The van der Waals surface area contributed by atoms with Crippen LogP contribution in [-0.4, -0.2) is 29.9 Å². The maximum absolute atomic E-state index is 12.2. The number of nitrogens with zero attached hydrogens (tertiary/aromatic N) is 2. The van der Waals surface area contributed by atoms with Gasteiger partial charge in [0.2, 0.25) is 5.91 Å². The van der Waals surface area contributed by atoms with Crippen LogP contribution in [0.3, 0.4) is 0 Å². The average molecular weight is 259 g/mol. The lowest BCUT2D eigenvalue weighted by molar-refractivity contribution is -0.131. The van der Waals surface area contributed by atoms with Crippen LogP contribution in [0.2, 0.25) is 0 Å². The quantitative estimate of drug-likeness (QED) is 0.884. The number of anilines is 1. The molecule has 0 saturated carbocycles. The van der Waals surface area contributed by atoms with Crippen molar-refractivity contribution >= 4 is 11.6 Å². The third-order valence-corrected chi connectivity index (χ3v) is 3.11. The molecule has 0 radical (unpaired) electrons. The minimum atomic E-state index is -0.339. The molecule has 1 N–H and O–H groups in total. The predicted molar refractivity (Wildman–Crippen MR) is 76.9 cm³/mol. The highest BCUT2D eigenvalue weighted by atomic mass is 16.2. The molecule has 19 heavy (non-hydrogen) atoms. The molecule has 1 amide bonds. The first-order valence-electron chi connectivity index (χ1n) is 6.59. The van der Waals surface area contributed by atoms with Gasteiger partial charge in [-0.1, -0.05) is 6.07 Å². The van der Waals surface area contributed by atoms with Crippen molar-refractivity contribution in [3.8, 4) is 6.07 Å². The molecule has 1 aromatic carbocycles. The standard InChI is InChI=1S/C15H21N3O/c1-5-18(6-2)15(19)12(4)17-14-9-11(3)7-8-13(14)10-16/h7-9,12,17H,5-6H2,1-4H3. The molecule has 0 aromatic heterocycles. The third kappa shape index (κ3) is 3.72. The number of likely N-dealkylation sites (N-methyl/N-ethyl adjacent to an activating group) is 1. The summed E-state index contributed by atoms with van der Waals surface area (Å²) < 4.78 is 0. The van der Waals surface area contributed by atoms with Gasteiger partial charge in [0.1, 0.15) is 12.1 Å². The first kappa shape index (κ1) is 15.0. The number of carbonyl (C=O) groups excluding carboxylic acids is 1. The molecule has 4 heteroatoms. The molecule has 0 bridgehead atoms. The molecule has 0 fully saturated rings. The van der Waals surface area contributed by atoms with Crippen LogP contribution in [0.15, 0.2) is 18.2 Å². The summed E-state index contributed by atoms with van der Waals surface area (Å²) in [5.74, 6) is 0.0513. The summed E-state index contributed by atoms with van der Waals surface area (Å²) in [5.41, 5.74) is 2.34. The second-order valence-electron chi connectivity index (χ2n) is 4.54. The number of hydrogen-bond donors (Lipinski definition) is 1. The van der Waals surface area contributed by atoms with Crippen LogP contribution in [0, 0.1) is 18.3 Å². The van der Waals surface area contributed by atoms with E-state index >= 15 is 0 Å². The summed E-state index contributed by atoms with van der Waals surface area (Å²) in [5, 5.41) is 12.2. The Morgan fingerprint density at radius 2 is 2.05 bits per heavy atom. The number of amides is 1. The molecular formula is C15H21N3O. The van der Waals surface area contributed by atoms with Crippen LogP contribution < -0.4 is 5.32 Å². The molecule has 4 nitrogen and oxygen atoms in total. The van der Waals surface area contributed by atoms with E-state index in [1.54, 1.807) is 11.0 Å². The van der Waals surface area contributed by atoms with Gasteiger partial charge in [0.25, 0.3) is 0 Å². The summed E-state index contributed by atoms with van der Waals surface area (Å²) in [4.78, 5) is 14.0. The largest absolute Gasteiger partial charge is 0.373 e. The Labute approximate surface area is 115 Å². The van der Waals surface area contributed by atoms with E-state index < -0.39 is 0 Å². The van der Waals surface area contributed by atoms with Gasteiger partial charge in [-0.15, -0.1) is 0 Å². The molecular weight excluding hydrogens is 238 g/mol. The van der Waals surface area contributed by atoms with Gasteiger partial charge in [-0.05, 0) is 45.4 Å². The van der Waals surface area contributed by atoms with Gasteiger partial charge >= 0.3 is 0 Å². The summed E-state index contributed by atoms with van der Waals surface area (Å²) in [7, 11) is 0. The minimum Gasteiger partial charge on any atom is -0.373 e. The lowest BCUT2D eigenvalue weighted by Gasteiger charge is -2.24. The van der Waals surface area contributed by atoms with E-state index in [2.05, 4.69) is 11.4 Å². The van der Waals surface area contributed by atoms with E-state index in [-0.39, 0.29) is 11.9 Å². The SMILES string of the molecule is CCN(CC)C(=O)C(C)Nc1cc(C)ccc1C#N. The zero-order valence-electron chi connectivity index (χ0n) is 12.0. The van der Waals surface area contributed by atoms with Gasteiger partial charge in [-0.25, -0.2) is 0 Å². The Morgan fingerprint density at radius 3 is 2.58 bits per heavy atom. The molecule has 0 aliphatic carbocycles. The van der Waals surface area contributed by atoms with Crippen LogP contribution in [0.25, 0.3) is 0 Å². The van der Waals surface area contributed by atoms with Gasteiger partial charge in [0.15, 0.2) is 0 Å². The zero-order valence-corrected chi connectivity index (χ0v) is 12.0. The van der Waals surface area contributed by atoms with E-state index in [0.717, 1.165) is 11.3 Å². The van der Waals surface area contributed by atoms with E-state index in [1.165, 1.54) is 0 Å². The fourth-order valence-corrected chi connectivity index (χ4v) is 1.98. The van der Waals surface area contributed by atoms with Crippen molar-refractivity contribution in [2.24, 2.45) is 0 Å². The van der Waals surface area contributed by atoms with Gasteiger partial charge < -0.3 is 10.2 Å². The maximum atomic E-state index is 12.2. The van der Waals surface area contributed by atoms with Crippen molar-refractivity contribution in [3.05, 3.63) is 29.3 Å². The number of carbonyl (C=O) groups is 1. The van der Waals surface area contributed by atoms with E-state index in [4.69, 9.17) is 5.26 Å². The average Bonchev–Trinajstić information content (AvgIpc) is 2.40. The first-order valence-corrected chi connectivity index (χ1v) is 6.59. The molecule has 1 atom stereocenters. The Balaban J connectivity index is 2.88. The lowest BCUT2D eigenvalue weighted by atomic mass is 10.1. The van der Waals surface area contributed by atoms with Crippen molar-refractivity contribution in [1.29, 1.82) is 5.26 Å². The lowest BCUT2D eigenvalue weighted by Crippen LogP contribution is -2.41. The van der Waals surface area contributed by atoms with Crippen LogP contribution >= 0.6 is 0 Å². The van der Waals surface area contributed by atoms with Crippen LogP contribution in [0.4, 0.5) is 5.69 Å². The monoisotopic (exact) mass is 259 g/mol. The fraction of sp³-hybridized carbons (Fsp3) is 0.467. The van der Waals surface area contributed by atoms with Gasteiger partial charge in [-0.2, -0.15) is 5.26 Å². The summed E-state index contributed by atoms with van der Waals surface area (Å²) in [6, 6.07) is 7.35. The van der Waals surface area contributed by atoms with Gasteiger partial charge in [0.05, 0.1) is 11.3 Å². The minimum absolute atomic E-state index is 0.0513. The van der Waals surface area contributed by atoms with Crippen molar-refractivity contribution < 1.29 is 4.79 Å². The van der Waals surface area contributed by atoms with Crippen molar-refractivity contribution in [2.75, 3.05) is 18.4 Å². The Kier molecular flexibility index (Phi) is 5.37. The number of nitriles is 1. The molecule has 1 unspecified atom stereocenters.